The summed E-state index contributed by atoms with van der Waals surface area (Å²) in [4.78, 5) is 2.36. The first-order valence-electron chi connectivity index (χ1n) is 6.76. The Bertz CT molecular complexity index is 557. The summed E-state index contributed by atoms with van der Waals surface area (Å²) < 4.78 is 26.9. The van der Waals surface area contributed by atoms with Gasteiger partial charge in [-0.25, -0.2) is 13.1 Å². The van der Waals surface area contributed by atoms with Gasteiger partial charge in [-0.05, 0) is 44.1 Å². The lowest BCUT2D eigenvalue weighted by Gasteiger charge is -2.26. The second-order valence-corrected chi connectivity index (χ2v) is 7.15. The number of nitrogens with one attached hydrogen (secondary N) is 1. The van der Waals surface area contributed by atoms with Gasteiger partial charge >= 0.3 is 0 Å². The average Bonchev–Trinajstić information content (AvgIpc) is 2.39. The number of benzene rings is 1. The number of nitrogen functional groups attached to an aromatic ring is 1. The summed E-state index contributed by atoms with van der Waals surface area (Å²) in [5.74, 6) is 0. The van der Waals surface area contributed by atoms with Gasteiger partial charge in [0.2, 0.25) is 10.0 Å². The van der Waals surface area contributed by atoms with Crippen molar-refractivity contribution >= 4 is 27.3 Å². The molecule has 0 aliphatic carbocycles. The molecule has 0 aromatic heterocycles. The molecule has 7 heteroatoms. The molecule has 0 radical (unpaired) electrons. The van der Waals surface area contributed by atoms with Gasteiger partial charge in [-0.1, -0.05) is 18.0 Å². The van der Waals surface area contributed by atoms with Crippen LogP contribution in [0.3, 0.4) is 0 Å². The van der Waals surface area contributed by atoms with Crippen molar-refractivity contribution in [3.8, 4) is 0 Å². The zero-order valence-electron chi connectivity index (χ0n) is 11.3. The molecule has 1 aliphatic heterocycles. The van der Waals surface area contributed by atoms with Gasteiger partial charge in [-0.3, -0.25) is 0 Å². The zero-order valence-corrected chi connectivity index (χ0v) is 12.9. The molecule has 0 unspecified atom stereocenters. The summed E-state index contributed by atoms with van der Waals surface area (Å²) >= 11 is 5.77. The van der Waals surface area contributed by atoms with E-state index in [1.54, 1.807) is 0 Å². The Kier molecular flexibility index (Phi) is 5.26. The van der Waals surface area contributed by atoms with Crippen LogP contribution in [0.4, 0.5) is 5.69 Å². The number of nitrogens with two attached hydrogens (primary N) is 1. The first-order chi connectivity index (χ1) is 9.49. The van der Waals surface area contributed by atoms with Crippen molar-refractivity contribution in [2.75, 3.05) is 31.9 Å². The number of sulfonamides is 1. The predicted molar refractivity (Wildman–Crippen MR) is 81.3 cm³/mol. The van der Waals surface area contributed by atoms with Gasteiger partial charge in [-0.15, -0.1) is 0 Å². The quantitative estimate of drug-likeness (QED) is 0.810. The third kappa shape index (κ3) is 4.09. The van der Waals surface area contributed by atoms with Crippen molar-refractivity contribution in [2.24, 2.45) is 0 Å². The number of anilines is 1. The van der Waals surface area contributed by atoms with E-state index in [-0.39, 0.29) is 10.6 Å². The second kappa shape index (κ2) is 6.76. The number of hydrogen-bond acceptors (Lipinski definition) is 4. The fourth-order valence-electron chi connectivity index (χ4n) is 2.36. The Labute approximate surface area is 125 Å². The van der Waals surface area contributed by atoms with Crippen LogP contribution < -0.4 is 10.5 Å². The smallest absolute Gasteiger partial charge is 0.242 e. The molecule has 2 rings (SSSR count). The van der Waals surface area contributed by atoms with Gasteiger partial charge in [0.15, 0.2) is 0 Å². The van der Waals surface area contributed by atoms with Gasteiger partial charge in [0.25, 0.3) is 0 Å². The van der Waals surface area contributed by atoms with E-state index < -0.39 is 10.0 Å². The standard InChI is InChI=1S/C13H20ClN3O2S/c14-11-4-5-13(12(15)10-11)20(18,19)16-6-9-17-7-2-1-3-8-17/h4-5,10,16H,1-3,6-9,15H2. The van der Waals surface area contributed by atoms with Gasteiger partial charge in [-0.2, -0.15) is 0 Å². The summed E-state index contributed by atoms with van der Waals surface area (Å²) in [6.07, 6.45) is 3.65. The topological polar surface area (TPSA) is 75.4 Å². The summed E-state index contributed by atoms with van der Waals surface area (Å²) in [7, 11) is -3.57. The number of halogens is 1. The van der Waals surface area contributed by atoms with Crippen LogP contribution in [-0.2, 0) is 10.0 Å². The maximum atomic E-state index is 12.2. The second-order valence-electron chi connectivity index (χ2n) is 4.98. The molecule has 0 atom stereocenters. The Morgan fingerprint density at radius 2 is 1.95 bits per heavy atom. The Hall–Kier alpha value is -0.820. The molecule has 1 aliphatic rings. The monoisotopic (exact) mass is 317 g/mol. The number of nitrogens with zero attached hydrogens (tertiary/aromatic N) is 1. The normalized spacial score (nSPS) is 17.2. The molecule has 0 amide bonds. The minimum Gasteiger partial charge on any atom is -0.398 e. The summed E-state index contributed by atoms with van der Waals surface area (Å²) in [5, 5.41) is 0.426. The van der Waals surface area contributed by atoms with Crippen molar-refractivity contribution in [1.29, 1.82) is 0 Å². The van der Waals surface area contributed by atoms with E-state index in [1.165, 1.54) is 37.5 Å². The van der Waals surface area contributed by atoms with Gasteiger partial charge in [0.05, 0.1) is 5.69 Å². The lowest BCUT2D eigenvalue weighted by Crippen LogP contribution is -2.37. The molecule has 0 spiro atoms. The summed E-state index contributed by atoms with van der Waals surface area (Å²) in [6, 6.07) is 4.40. The van der Waals surface area contributed by atoms with E-state index in [1.807, 2.05) is 0 Å². The third-order valence-electron chi connectivity index (χ3n) is 3.43. The van der Waals surface area contributed by atoms with Gasteiger partial charge in [0, 0.05) is 18.1 Å². The molecule has 0 saturated carbocycles. The maximum absolute atomic E-state index is 12.2. The highest BCUT2D eigenvalue weighted by Crippen LogP contribution is 2.22. The van der Waals surface area contributed by atoms with E-state index in [9.17, 15) is 8.42 Å². The first kappa shape index (κ1) is 15.6. The highest BCUT2D eigenvalue weighted by Gasteiger charge is 2.18. The van der Waals surface area contributed by atoms with Crippen LogP contribution in [0.2, 0.25) is 5.02 Å². The van der Waals surface area contributed by atoms with E-state index in [2.05, 4.69) is 9.62 Å². The van der Waals surface area contributed by atoms with Crippen molar-refractivity contribution in [1.82, 2.24) is 9.62 Å². The summed E-state index contributed by atoms with van der Waals surface area (Å²) in [5.41, 5.74) is 5.88. The van der Waals surface area contributed by atoms with E-state index in [0.29, 0.717) is 11.6 Å². The van der Waals surface area contributed by atoms with Gasteiger partial charge in [0.1, 0.15) is 4.90 Å². The number of rotatable bonds is 5. The molecule has 1 aromatic carbocycles. The molecule has 1 heterocycles. The minimum atomic E-state index is -3.57. The number of hydrogen-bond donors (Lipinski definition) is 2. The molecular formula is C13H20ClN3O2S. The van der Waals surface area contributed by atoms with Gasteiger partial charge < -0.3 is 10.6 Å². The van der Waals surface area contributed by atoms with Crippen molar-refractivity contribution in [3.63, 3.8) is 0 Å². The van der Waals surface area contributed by atoms with E-state index in [0.717, 1.165) is 19.6 Å². The lowest BCUT2D eigenvalue weighted by molar-refractivity contribution is 0.233. The maximum Gasteiger partial charge on any atom is 0.242 e. The van der Waals surface area contributed by atoms with E-state index >= 15 is 0 Å². The average molecular weight is 318 g/mol. The summed E-state index contributed by atoms with van der Waals surface area (Å²) in [6.45, 7) is 3.22. The molecule has 1 aromatic rings. The molecule has 20 heavy (non-hydrogen) atoms. The van der Waals surface area contributed by atoms with Crippen LogP contribution in [-0.4, -0.2) is 39.5 Å². The highest BCUT2D eigenvalue weighted by atomic mass is 35.5. The third-order valence-corrected chi connectivity index (χ3v) is 5.20. The Morgan fingerprint density at radius 3 is 2.60 bits per heavy atom. The molecule has 1 saturated heterocycles. The molecule has 5 nitrogen and oxygen atoms in total. The van der Waals surface area contributed by atoms with Crippen LogP contribution in [0.5, 0.6) is 0 Å². The zero-order chi connectivity index (χ0) is 14.6. The van der Waals surface area contributed by atoms with Crippen LogP contribution in [0, 0.1) is 0 Å². The number of likely N-dealkylation sites (tertiary alicyclic amines) is 1. The Morgan fingerprint density at radius 1 is 1.25 bits per heavy atom. The lowest BCUT2D eigenvalue weighted by atomic mass is 10.1. The largest absolute Gasteiger partial charge is 0.398 e. The molecule has 1 fully saturated rings. The van der Waals surface area contributed by atoms with Crippen LogP contribution in [0.25, 0.3) is 0 Å². The van der Waals surface area contributed by atoms with Crippen molar-refractivity contribution in [3.05, 3.63) is 23.2 Å². The van der Waals surface area contributed by atoms with Crippen LogP contribution in [0.1, 0.15) is 19.3 Å². The van der Waals surface area contributed by atoms with Crippen molar-refractivity contribution in [2.45, 2.75) is 24.2 Å². The molecule has 0 bridgehead atoms. The highest BCUT2D eigenvalue weighted by molar-refractivity contribution is 7.89. The molecular weight excluding hydrogens is 298 g/mol. The predicted octanol–water partition coefficient (Wildman–Crippen LogP) is 1.69. The van der Waals surface area contributed by atoms with E-state index in [4.69, 9.17) is 17.3 Å². The molecule has 112 valence electrons. The Balaban J connectivity index is 1.93. The van der Waals surface area contributed by atoms with Crippen LogP contribution in [0.15, 0.2) is 23.1 Å². The fourth-order valence-corrected chi connectivity index (χ4v) is 3.68. The van der Waals surface area contributed by atoms with Crippen LogP contribution >= 0.6 is 11.6 Å². The number of piperidine rings is 1. The fraction of sp³-hybridized carbons (Fsp3) is 0.538. The SMILES string of the molecule is Nc1cc(Cl)ccc1S(=O)(=O)NCCN1CCCCC1. The van der Waals surface area contributed by atoms with Crippen molar-refractivity contribution < 1.29 is 8.42 Å². The molecule has 3 N–H and O–H groups in total. The minimum absolute atomic E-state index is 0.0838. The first-order valence-corrected chi connectivity index (χ1v) is 8.62.